The van der Waals surface area contributed by atoms with Crippen molar-refractivity contribution in [3.05, 3.63) is 23.8 Å². The monoisotopic (exact) mass is 236 g/mol. The quantitative estimate of drug-likeness (QED) is 0.737. The van der Waals surface area contributed by atoms with Crippen molar-refractivity contribution in [3.63, 3.8) is 0 Å². The Hall–Kier alpha value is -1.22. The fraction of sp³-hybridized carbons (Fsp3) is 0.571. The Morgan fingerprint density at radius 2 is 2.00 bits per heavy atom. The van der Waals surface area contributed by atoms with Gasteiger partial charge in [-0.25, -0.2) is 0 Å². The van der Waals surface area contributed by atoms with Crippen molar-refractivity contribution in [2.24, 2.45) is 0 Å². The molecular weight excluding hydrogens is 212 g/mol. The summed E-state index contributed by atoms with van der Waals surface area (Å²) < 4.78 is 5.43. The van der Waals surface area contributed by atoms with E-state index in [1.807, 2.05) is 0 Å². The fourth-order valence-electron chi connectivity index (χ4n) is 1.72. The van der Waals surface area contributed by atoms with Gasteiger partial charge in [0.05, 0.1) is 6.61 Å². The first-order valence-corrected chi connectivity index (χ1v) is 6.24. The lowest BCUT2D eigenvalue weighted by Crippen LogP contribution is -2.12. The van der Waals surface area contributed by atoms with E-state index in [0.717, 1.165) is 31.9 Å². The zero-order chi connectivity index (χ0) is 12.7. The van der Waals surface area contributed by atoms with Crippen molar-refractivity contribution in [1.82, 2.24) is 0 Å². The molecule has 0 unspecified atom stereocenters. The summed E-state index contributed by atoms with van der Waals surface area (Å²) in [7, 11) is 4.13. The third-order valence-corrected chi connectivity index (χ3v) is 2.61. The summed E-state index contributed by atoms with van der Waals surface area (Å²) in [5, 5.41) is 3.37. The SMILES string of the molecule is CCCOCCNc1ccc(C)c(N(C)C)c1. The maximum Gasteiger partial charge on any atom is 0.0639 e. The first-order chi connectivity index (χ1) is 8.15. The highest BCUT2D eigenvalue weighted by Crippen LogP contribution is 2.22. The highest BCUT2D eigenvalue weighted by atomic mass is 16.5. The van der Waals surface area contributed by atoms with E-state index in [2.05, 4.69) is 56.4 Å². The van der Waals surface area contributed by atoms with E-state index in [0.29, 0.717) is 0 Å². The van der Waals surface area contributed by atoms with E-state index in [9.17, 15) is 0 Å². The van der Waals surface area contributed by atoms with Crippen LogP contribution in [-0.4, -0.2) is 33.9 Å². The summed E-state index contributed by atoms with van der Waals surface area (Å²) in [5.74, 6) is 0. The minimum absolute atomic E-state index is 0.763. The molecule has 3 heteroatoms. The van der Waals surface area contributed by atoms with E-state index in [1.165, 1.54) is 11.3 Å². The van der Waals surface area contributed by atoms with Crippen LogP contribution in [-0.2, 0) is 4.74 Å². The van der Waals surface area contributed by atoms with Gasteiger partial charge in [0, 0.05) is 38.6 Å². The average molecular weight is 236 g/mol. The first kappa shape index (κ1) is 13.8. The van der Waals surface area contributed by atoms with Crippen molar-refractivity contribution in [1.29, 1.82) is 0 Å². The largest absolute Gasteiger partial charge is 0.383 e. The van der Waals surface area contributed by atoms with Gasteiger partial charge in [-0.3, -0.25) is 0 Å². The molecule has 17 heavy (non-hydrogen) atoms. The van der Waals surface area contributed by atoms with Gasteiger partial charge >= 0.3 is 0 Å². The number of hydrogen-bond donors (Lipinski definition) is 1. The van der Waals surface area contributed by atoms with Gasteiger partial charge in [-0.1, -0.05) is 13.0 Å². The second-order valence-corrected chi connectivity index (χ2v) is 4.43. The van der Waals surface area contributed by atoms with E-state index < -0.39 is 0 Å². The molecule has 1 aromatic rings. The summed E-state index contributed by atoms with van der Waals surface area (Å²) in [4.78, 5) is 2.13. The highest BCUT2D eigenvalue weighted by molar-refractivity contribution is 5.61. The molecule has 0 saturated heterocycles. The second kappa shape index (κ2) is 7.17. The van der Waals surface area contributed by atoms with Gasteiger partial charge in [-0.15, -0.1) is 0 Å². The van der Waals surface area contributed by atoms with Crippen LogP contribution in [0, 0.1) is 6.92 Å². The number of benzene rings is 1. The van der Waals surface area contributed by atoms with Crippen molar-refractivity contribution < 1.29 is 4.74 Å². The number of nitrogens with zero attached hydrogens (tertiary/aromatic N) is 1. The van der Waals surface area contributed by atoms with Gasteiger partial charge in [-0.2, -0.15) is 0 Å². The Balaban J connectivity index is 2.46. The van der Waals surface area contributed by atoms with Gasteiger partial charge in [-0.05, 0) is 31.0 Å². The predicted octanol–water partition coefficient (Wildman–Crippen LogP) is 2.90. The maximum absolute atomic E-state index is 5.43. The van der Waals surface area contributed by atoms with Gasteiger partial charge < -0.3 is 15.0 Å². The van der Waals surface area contributed by atoms with Crippen LogP contribution in [0.15, 0.2) is 18.2 Å². The molecule has 0 spiro atoms. The predicted molar refractivity (Wildman–Crippen MR) is 75.1 cm³/mol. The van der Waals surface area contributed by atoms with Crippen LogP contribution in [0.1, 0.15) is 18.9 Å². The summed E-state index contributed by atoms with van der Waals surface area (Å²) in [5.41, 5.74) is 3.70. The molecule has 0 aromatic heterocycles. The molecular formula is C14H24N2O. The number of hydrogen-bond acceptors (Lipinski definition) is 3. The lowest BCUT2D eigenvalue weighted by Gasteiger charge is -2.17. The second-order valence-electron chi connectivity index (χ2n) is 4.43. The molecule has 1 N–H and O–H groups in total. The summed E-state index contributed by atoms with van der Waals surface area (Å²) in [6.07, 6.45) is 1.08. The lowest BCUT2D eigenvalue weighted by atomic mass is 10.1. The molecule has 1 rings (SSSR count). The molecule has 3 nitrogen and oxygen atoms in total. The van der Waals surface area contributed by atoms with Crippen molar-refractivity contribution in [2.45, 2.75) is 20.3 Å². The number of nitrogens with one attached hydrogen (secondary N) is 1. The number of aryl methyl sites for hydroxylation is 1. The third kappa shape index (κ3) is 4.65. The molecule has 0 radical (unpaired) electrons. The van der Waals surface area contributed by atoms with Crippen LogP contribution < -0.4 is 10.2 Å². The maximum atomic E-state index is 5.43. The Bertz CT molecular complexity index is 337. The van der Waals surface area contributed by atoms with Crippen LogP contribution in [0.4, 0.5) is 11.4 Å². The normalized spacial score (nSPS) is 10.4. The number of anilines is 2. The van der Waals surface area contributed by atoms with Crippen LogP contribution >= 0.6 is 0 Å². The minimum Gasteiger partial charge on any atom is -0.383 e. The number of rotatable bonds is 7. The summed E-state index contributed by atoms with van der Waals surface area (Å²) >= 11 is 0. The number of ether oxygens (including phenoxy) is 1. The van der Waals surface area contributed by atoms with E-state index in [1.54, 1.807) is 0 Å². The topological polar surface area (TPSA) is 24.5 Å². The molecule has 0 bridgehead atoms. The van der Waals surface area contributed by atoms with Crippen molar-refractivity contribution in [2.75, 3.05) is 44.1 Å². The van der Waals surface area contributed by atoms with Gasteiger partial charge in [0.15, 0.2) is 0 Å². The Labute approximate surface area is 105 Å². The zero-order valence-corrected chi connectivity index (χ0v) is 11.4. The molecule has 0 heterocycles. The van der Waals surface area contributed by atoms with Gasteiger partial charge in [0.2, 0.25) is 0 Å². The van der Waals surface area contributed by atoms with Crippen LogP contribution in [0.25, 0.3) is 0 Å². The van der Waals surface area contributed by atoms with Crippen LogP contribution in [0.3, 0.4) is 0 Å². The van der Waals surface area contributed by atoms with Crippen LogP contribution in [0.2, 0.25) is 0 Å². The lowest BCUT2D eigenvalue weighted by molar-refractivity contribution is 0.144. The summed E-state index contributed by atoms with van der Waals surface area (Å²) in [6, 6.07) is 6.43. The fourth-order valence-corrected chi connectivity index (χ4v) is 1.72. The Morgan fingerprint density at radius 1 is 1.24 bits per heavy atom. The van der Waals surface area contributed by atoms with Gasteiger partial charge in [0.25, 0.3) is 0 Å². The molecule has 96 valence electrons. The molecule has 0 amide bonds. The van der Waals surface area contributed by atoms with Crippen molar-refractivity contribution >= 4 is 11.4 Å². The first-order valence-electron chi connectivity index (χ1n) is 6.24. The average Bonchev–Trinajstić information content (AvgIpc) is 2.30. The molecule has 1 aromatic carbocycles. The molecule has 0 saturated carbocycles. The third-order valence-electron chi connectivity index (χ3n) is 2.61. The van der Waals surface area contributed by atoms with E-state index in [4.69, 9.17) is 4.74 Å². The minimum atomic E-state index is 0.763. The smallest absolute Gasteiger partial charge is 0.0639 e. The molecule has 0 aliphatic rings. The zero-order valence-electron chi connectivity index (χ0n) is 11.4. The molecule has 0 aliphatic heterocycles. The molecule has 0 atom stereocenters. The Morgan fingerprint density at radius 3 is 2.65 bits per heavy atom. The van der Waals surface area contributed by atoms with E-state index >= 15 is 0 Å². The standard InChI is InChI=1S/C14H24N2O/c1-5-9-17-10-8-15-13-7-6-12(2)14(11-13)16(3)4/h6-7,11,15H,5,8-10H2,1-4H3. The molecule has 0 aliphatic carbocycles. The van der Waals surface area contributed by atoms with Crippen molar-refractivity contribution in [3.8, 4) is 0 Å². The highest BCUT2D eigenvalue weighted by Gasteiger charge is 2.01. The van der Waals surface area contributed by atoms with Gasteiger partial charge in [0.1, 0.15) is 0 Å². The van der Waals surface area contributed by atoms with Crippen LogP contribution in [0.5, 0.6) is 0 Å². The summed E-state index contributed by atoms with van der Waals surface area (Å²) in [6.45, 7) is 6.72. The molecule has 0 fully saturated rings. The van der Waals surface area contributed by atoms with E-state index in [-0.39, 0.29) is 0 Å². The Kier molecular flexibility index (Phi) is 5.84.